The first-order valence-corrected chi connectivity index (χ1v) is 2.04. The summed E-state index contributed by atoms with van der Waals surface area (Å²) < 4.78 is 0. The first-order valence-electron chi connectivity index (χ1n) is 1.63. The van der Waals surface area contributed by atoms with Gasteiger partial charge < -0.3 is 5.01 Å². The van der Waals surface area contributed by atoms with Crippen molar-refractivity contribution in [2.75, 3.05) is 7.05 Å². The van der Waals surface area contributed by atoms with Crippen LogP contribution in [0.4, 0.5) is 0 Å². The molecule has 0 spiro atoms. The predicted molar refractivity (Wildman–Crippen MR) is 30.2 cm³/mol. The Kier molecular flexibility index (Phi) is 2.05. The Balaban J connectivity index is 3.26. The molecular weight excluding hydrogens is 96.1 g/mol. The van der Waals surface area contributed by atoms with E-state index in [1.807, 2.05) is 0 Å². The van der Waals surface area contributed by atoms with E-state index in [4.69, 9.17) is 5.84 Å². The van der Waals surface area contributed by atoms with E-state index in [1.54, 1.807) is 14.0 Å². The predicted octanol–water partition coefficient (Wildman–Crippen LogP) is 0.139. The molecule has 0 aromatic rings. The quantitative estimate of drug-likeness (QED) is 0.269. The maximum Gasteiger partial charge on any atom is 0.0885 e. The lowest BCUT2D eigenvalue weighted by Crippen LogP contribution is -2.29. The molecule has 0 amide bonds. The minimum absolute atomic E-state index is 0.704. The number of nitrogens with zero attached hydrogens (tertiary/aromatic N) is 1. The van der Waals surface area contributed by atoms with Crippen LogP contribution in [0.2, 0.25) is 0 Å². The van der Waals surface area contributed by atoms with Gasteiger partial charge in [-0.25, -0.2) is 5.84 Å². The highest BCUT2D eigenvalue weighted by Gasteiger charge is 1.82. The van der Waals surface area contributed by atoms with Gasteiger partial charge >= 0.3 is 0 Å². The molecule has 36 valence electrons. The molecule has 0 bridgehead atoms. The summed E-state index contributed by atoms with van der Waals surface area (Å²) in [6.07, 6.45) is 0. The molecule has 2 nitrogen and oxygen atoms in total. The molecule has 0 heterocycles. The van der Waals surface area contributed by atoms with E-state index >= 15 is 0 Å². The average molecular weight is 104 g/mol. The molecule has 0 aliphatic carbocycles. The van der Waals surface area contributed by atoms with Gasteiger partial charge in [-0.2, -0.15) is 0 Å². The molecule has 2 N–H and O–H groups in total. The minimum atomic E-state index is 0.704. The lowest BCUT2D eigenvalue weighted by atomic mass is 10.7. The van der Waals surface area contributed by atoms with Crippen LogP contribution in [0.15, 0.2) is 0 Å². The van der Waals surface area contributed by atoms with Crippen molar-refractivity contribution in [1.29, 1.82) is 0 Å². The van der Waals surface area contributed by atoms with E-state index < -0.39 is 0 Å². The third-order valence-electron chi connectivity index (χ3n) is 0.497. The topological polar surface area (TPSA) is 29.3 Å². The highest BCUT2D eigenvalue weighted by molar-refractivity contribution is 7.80. The van der Waals surface area contributed by atoms with Crippen molar-refractivity contribution >= 4 is 17.2 Å². The second-order valence-electron chi connectivity index (χ2n) is 1.13. The van der Waals surface area contributed by atoms with E-state index in [1.165, 1.54) is 5.01 Å². The van der Waals surface area contributed by atoms with Gasteiger partial charge in [0, 0.05) is 7.05 Å². The van der Waals surface area contributed by atoms with E-state index in [-0.39, 0.29) is 0 Å². The van der Waals surface area contributed by atoms with Crippen molar-refractivity contribution < 1.29 is 0 Å². The summed E-state index contributed by atoms with van der Waals surface area (Å²) in [5, 5.41) is 1.40. The van der Waals surface area contributed by atoms with Gasteiger partial charge in [-0.3, -0.25) is 0 Å². The van der Waals surface area contributed by atoms with E-state index in [0.717, 1.165) is 0 Å². The molecule has 0 aliphatic rings. The molecule has 0 aromatic heterocycles. The normalized spacial score (nSPS) is 7.83. The first-order chi connectivity index (χ1) is 2.64. The monoisotopic (exact) mass is 104 g/mol. The first kappa shape index (κ1) is 5.85. The summed E-state index contributed by atoms with van der Waals surface area (Å²) in [5.41, 5.74) is 0. The van der Waals surface area contributed by atoms with Crippen molar-refractivity contribution in [3.05, 3.63) is 0 Å². The molecule has 3 heteroatoms. The van der Waals surface area contributed by atoms with Crippen molar-refractivity contribution in [3.63, 3.8) is 0 Å². The standard InChI is InChI=1S/C3H8N2S/c1-3(6)5(2)4/h4H2,1-2H3. The zero-order chi connectivity index (χ0) is 5.15. The van der Waals surface area contributed by atoms with E-state index in [0.29, 0.717) is 4.99 Å². The Morgan fingerprint density at radius 3 is 2.00 bits per heavy atom. The van der Waals surface area contributed by atoms with Crippen LogP contribution in [0.5, 0.6) is 0 Å². The number of hydrazine groups is 1. The van der Waals surface area contributed by atoms with E-state index in [9.17, 15) is 0 Å². The molecule has 0 aromatic carbocycles. The van der Waals surface area contributed by atoms with Gasteiger partial charge in [-0.05, 0) is 6.92 Å². The van der Waals surface area contributed by atoms with Gasteiger partial charge in [-0.15, -0.1) is 0 Å². The van der Waals surface area contributed by atoms with Crippen LogP contribution in [0.25, 0.3) is 0 Å². The van der Waals surface area contributed by atoms with Crippen LogP contribution in [0.3, 0.4) is 0 Å². The molecule has 0 aliphatic heterocycles. The molecule has 0 saturated carbocycles. The van der Waals surface area contributed by atoms with E-state index in [2.05, 4.69) is 12.2 Å². The summed E-state index contributed by atoms with van der Waals surface area (Å²) in [6, 6.07) is 0. The zero-order valence-electron chi connectivity index (χ0n) is 3.93. The molecule has 0 rings (SSSR count). The molecule has 0 fully saturated rings. The van der Waals surface area contributed by atoms with Crippen molar-refractivity contribution in [2.45, 2.75) is 6.92 Å². The Labute approximate surface area is 42.9 Å². The average Bonchev–Trinajstić information content (AvgIpc) is 1.36. The number of hydrogen-bond acceptors (Lipinski definition) is 2. The van der Waals surface area contributed by atoms with Crippen molar-refractivity contribution in [2.24, 2.45) is 5.84 Å². The Hall–Kier alpha value is -0.150. The van der Waals surface area contributed by atoms with Gasteiger partial charge in [-0.1, -0.05) is 12.2 Å². The molecule has 6 heavy (non-hydrogen) atoms. The zero-order valence-corrected chi connectivity index (χ0v) is 4.75. The van der Waals surface area contributed by atoms with Crippen molar-refractivity contribution in [1.82, 2.24) is 5.01 Å². The van der Waals surface area contributed by atoms with Crippen LogP contribution in [0.1, 0.15) is 6.92 Å². The molecule has 0 atom stereocenters. The summed E-state index contributed by atoms with van der Waals surface area (Å²) in [6.45, 7) is 1.77. The van der Waals surface area contributed by atoms with Crippen LogP contribution < -0.4 is 5.84 Å². The minimum Gasteiger partial charge on any atom is -0.308 e. The second kappa shape index (κ2) is 2.10. The lowest BCUT2D eigenvalue weighted by Gasteiger charge is -2.05. The van der Waals surface area contributed by atoms with Crippen LogP contribution in [0, 0.1) is 0 Å². The Morgan fingerprint density at radius 1 is 1.83 bits per heavy atom. The number of rotatable bonds is 0. The molecule has 0 saturated heterocycles. The summed E-state index contributed by atoms with van der Waals surface area (Å²) in [4.78, 5) is 0.704. The lowest BCUT2D eigenvalue weighted by molar-refractivity contribution is 0.546. The van der Waals surface area contributed by atoms with Gasteiger partial charge in [0.15, 0.2) is 0 Å². The van der Waals surface area contributed by atoms with Crippen LogP contribution >= 0.6 is 12.2 Å². The maximum absolute atomic E-state index is 5.13. The fourth-order valence-electron chi connectivity index (χ4n) is 0. The van der Waals surface area contributed by atoms with Crippen LogP contribution in [-0.2, 0) is 0 Å². The highest BCUT2D eigenvalue weighted by atomic mass is 32.1. The summed E-state index contributed by atoms with van der Waals surface area (Å²) >= 11 is 4.62. The van der Waals surface area contributed by atoms with Gasteiger partial charge in [0.2, 0.25) is 0 Å². The van der Waals surface area contributed by atoms with Crippen molar-refractivity contribution in [3.8, 4) is 0 Å². The smallest absolute Gasteiger partial charge is 0.0885 e. The molecule has 0 radical (unpaired) electrons. The molecular formula is C3H8N2S. The summed E-state index contributed by atoms with van der Waals surface area (Å²) in [7, 11) is 1.71. The van der Waals surface area contributed by atoms with Crippen LogP contribution in [-0.4, -0.2) is 17.0 Å². The number of nitrogens with two attached hydrogens (primary N) is 1. The number of thiocarbonyl (C=S) groups is 1. The molecule has 0 unspecified atom stereocenters. The second-order valence-corrected chi connectivity index (χ2v) is 1.72. The SMILES string of the molecule is CC(=S)N(C)N. The Bertz CT molecular complexity index is 59.8. The summed E-state index contributed by atoms with van der Waals surface area (Å²) in [5.74, 6) is 5.13. The van der Waals surface area contributed by atoms with Gasteiger partial charge in [0.05, 0.1) is 4.99 Å². The van der Waals surface area contributed by atoms with Gasteiger partial charge in [0.1, 0.15) is 0 Å². The van der Waals surface area contributed by atoms with Gasteiger partial charge in [0.25, 0.3) is 0 Å². The Morgan fingerprint density at radius 2 is 2.00 bits per heavy atom. The fourth-order valence-corrected chi connectivity index (χ4v) is 0. The third kappa shape index (κ3) is 2.11. The fraction of sp³-hybridized carbons (Fsp3) is 0.667. The largest absolute Gasteiger partial charge is 0.308 e. The third-order valence-corrected chi connectivity index (χ3v) is 0.785. The maximum atomic E-state index is 5.13. The number of hydrogen-bond donors (Lipinski definition) is 1. The highest BCUT2D eigenvalue weighted by Crippen LogP contribution is 1.71.